The van der Waals surface area contributed by atoms with Crippen LogP contribution in [0, 0.1) is 6.92 Å². The Morgan fingerprint density at radius 1 is 0.769 bits per heavy atom. The van der Waals surface area contributed by atoms with Gasteiger partial charge >= 0.3 is 18.9 Å². The fraction of sp³-hybridized carbons (Fsp3) is 0.0500. The summed E-state index contributed by atoms with van der Waals surface area (Å²) in [5, 5.41) is 3.54. The van der Waals surface area contributed by atoms with E-state index < -0.39 is 7.54 Å². The molecule has 0 fully saturated rings. The van der Waals surface area contributed by atoms with Crippen LogP contribution < -0.4 is 4.70 Å². The third-order valence-electron chi connectivity index (χ3n) is 3.92. The molecule has 4 rings (SSSR count). The maximum absolute atomic E-state index is 9.67. The Labute approximate surface area is 148 Å². The first kappa shape index (κ1) is 19.4. The van der Waals surface area contributed by atoms with Gasteiger partial charge in [-0.15, -0.1) is 0 Å². The van der Waals surface area contributed by atoms with Crippen LogP contribution in [0.25, 0.3) is 33.1 Å². The van der Waals surface area contributed by atoms with Gasteiger partial charge in [0.25, 0.3) is 0 Å². The molecule has 0 saturated carbocycles. The topological polar surface area (TPSA) is 11.3 Å². The van der Waals surface area contributed by atoms with Crippen LogP contribution in [0.1, 0.15) is 5.56 Å². The minimum atomic E-state index is -3.67. The first-order valence-corrected chi connectivity index (χ1v) is 7.79. The highest BCUT2D eigenvalue weighted by molar-refractivity contribution is 6.33. The van der Waals surface area contributed by atoms with Crippen LogP contribution in [-0.4, -0.2) is 7.54 Å². The smallest absolute Gasteiger partial charge is 0.762 e. The van der Waals surface area contributed by atoms with E-state index in [4.69, 9.17) is 4.42 Å². The van der Waals surface area contributed by atoms with E-state index in [0.717, 1.165) is 22.3 Å². The van der Waals surface area contributed by atoms with E-state index in [0.29, 0.717) is 0 Å². The molecule has 0 N–H and O–H groups in total. The van der Waals surface area contributed by atoms with Gasteiger partial charge in [-0.05, 0) is 42.1 Å². The van der Waals surface area contributed by atoms with Crippen molar-refractivity contribution in [1.29, 1.82) is 0 Å². The minimum Gasteiger partial charge on any atom is -1.00 e. The maximum Gasteiger partial charge on any atom is 0.762 e. The van der Waals surface area contributed by atoms with Crippen molar-refractivity contribution in [2.45, 2.75) is 6.92 Å². The molecular weight excluding hydrogens is 343 g/mol. The van der Waals surface area contributed by atoms with Crippen LogP contribution in [-0.2, 0) is 0 Å². The molecule has 0 atom stereocenters. The van der Waals surface area contributed by atoms with Gasteiger partial charge in [-0.1, -0.05) is 42.5 Å². The SMILES string of the molecule is Cc1cc(-c2ccccc2)[o+]c2c1ccc1ccccc12.FB(F)F.[F-]. The van der Waals surface area contributed by atoms with Gasteiger partial charge in [0.05, 0.1) is 16.3 Å². The Morgan fingerprint density at radius 3 is 2.08 bits per heavy atom. The lowest BCUT2D eigenvalue weighted by Gasteiger charge is -2.00. The van der Waals surface area contributed by atoms with Crippen LogP contribution in [0.15, 0.2) is 77.2 Å². The highest BCUT2D eigenvalue weighted by Crippen LogP contribution is 2.32. The van der Waals surface area contributed by atoms with E-state index in [-0.39, 0.29) is 4.70 Å². The monoisotopic (exact) mass is 358 g/mol. The zero-order chi connectivity index (χ0) is 17.8. The second-order valence-corrected chi connectivity index (χ2v) is 5.57. The van der Waals surface area contributed by atoms with Crippen LogP contribution in [0.2, 0.25) is 0 Å². The number of fused-ring (bicyclic) bond motifs is 3. The van der Waals surface area contributed by atoms with Gasteiger partial charge in [0.15, 0.2) is 0 Å². The van der Waals surface area contributed by atoms with E-state index in [1.807, 2.05) is 18.2 Å². The van der Waals surface area contributed by atoms with E-state index in [9.17, 15) is 12.9 Å². The summed E-state index contributed by atoms with van der Waals surface area (Å²) in [5.41, 5.74) is 3.31. The first-order valence-electron chi connectivity index (χ1n) is 7.79. The van der Waals surface area contributed by atoms with Gasteiger partial charge in [0.1, 0.15) is 0 Å². The molecule has 0 bridgehead atoms. The van der Waals surface area contributed by atoms with Crippen molar-refractivity contribution in [1.82, 2.24) is 0 Å². The summed E-state index contributed by atoms with van der Waals surface area (Å²) in [7, 11) is -3.67. The summed E-state index contributed by atoms with van der Waals surface area (Å²) in [6, 6.07) is 25.0. The second kappa shape index (κ2) is 8.47. The molecule has 0 saturated heterocycles. The third-order valence-corrected chi connectivity index (χ3v) is 3.92. The predicted octanol–water partition coefficient (Wildman–Crippen LogP) is 3.73. The van der Waals surface area contributed by atoms with Crippen LogP contribution >= 0.6 is 0 Å². The molecule has 0 unspecified atom stereocenters. The van der Waals surface area contributed by atoms with Gasteiger partial charge < -0.3 is 4.70 Å². The molecule has 0 spiro atoms. The van der Waals surface area contributed by atoms with Crippen molar-refractivity contribution in [2.24, 2.45) is 0 Å². The van der Waals surface area contributed by atoms with E-state index in [1.165, 1.54) is 16.3 Å². The molecule has 0 aliphatic carbocycles. The minimum absolute atomic E-state index is 0. The lowest BCUT2D eigenvalue weighted by Crippen LogP contribution is -3.00. The molecule has 0 aliphatic heterocycles. The van der Waals surface area contributed by atoms with Gasteiger partial charge in [0, 0.05) is 6.07 Å². The molecule has 0 amide bonds. The predicted molar refractivity (Wildman–Crippen MR) is 97.4 cm³/mol. The quantitative estimate of drug-likeness (QED) is 0.218. The fourth-order valence-electron chi connectivity index (χ4n) is 2.82. The largest absolute Gasteiger partial charge is 1.00 e. The summed E-state index contributed by atoms with van der Waals surface area (Å²) in [6.45, 7) is 2.14. The zero-order valence-electron chi connectivity index (χ0n) is 13.9. The van der Waals surface area contributed by atoms with Crippen LogP contribution in [0.5, 0.6) is 0 Å². The van der Waals surface area contributed by atoms with E-state index in [1.54, 1.807) is 0 Å². The number of rotatable bonds is 1. The van der Waals surface area contributed by atoms with Gasteiger partial charge in [0.2, 0.25) is 0 Å². The Hall–Kier alpha value is -2.89. The fourth-order valence-corrected chi connectivity index (χ4v) is 2.82. The number of benzene rings is 3. The average molecular weight is 358 g/mol. The second-order valence-electron chi connectivity index (χ2n) is 5.57. The average Bonchev–Trinajstić information content (AvgIpc) is 2.62. The maximum atomic E-state index is 9.67. The third kappa shape index (κ3) is 4.20. The molecule has 0 aliphatic rings. The van der Waals surface area contributed by atoms with Crippen molar-refractivity contribution >= 4 is 29.3 Å². The molecule has 1 nitrogen and oxygen atoms in total. The molecule has 6 heteroatoms. The Balaban J connectivity index is 0.000000444. The number of aryl methyl sites for hydroxylation is 1. The Morgan fingerprint density at radius 2 is 1.38 bits per heavy atom. The normalized spacial score (nSPS) is 10.0. The highest BCUT2D eigenvalue weighted by atomic mass is 19.4. The van der Waals surface area contributed by atoms with E-state index >= 15 is 0 Å². The summed E-state index contributed by atoms with van der Waals surface area (Å²) in [6.07, 6.45) is 0. The Kier molecular flexibility index (Phi) is 6.33. The molecule has 1 aromatic heterocycles. The van der Waals surface area contributed by atoms with Crippen molar-refractivity contribution < 1.29 is 22.1 Å². The molecular formula is C20H15BF4O. The standard InChI is InChI=1S/C20H15O.BF3.FH/c1-14-13-19(16-8-3-2-4-9-16)21-20-17(14)12-11-15-7-5-6-10-18(15)20;2-1(3)4;/h2-13H,1H3;;1H/q+1;;/p-1. The molecule has 4 aromatic rings. The van der Waals surface area contributed by atoms with Gasteiger partial charge in [-0.2, -0.15) is 0 Å². The molecule has 0 radical (unpaired) electrons. The molecule has 3 aromatic carbocycles. The van der Waals surface area contributed by atoms with Crippen LogP contribution in [0.4, 0.5) is 12.9 Å². The lowest BCUT2D eigenvalue weighted by molar-refractivity contribution is -0.00000816. The van der Waals surface area contributed by atoms with Crippen molar-refractivity contribution in [2.75, 3.05) is 0 Å². The first-order chi connectivity index (χ1) is 12.1. The summed E-state index contributed by atoms with van der Waals surface area (Å²) >= 11 is 0. The van der Waals surface area contributed by atoms with Crippen molar-refractivity contribution in [3.05, 3.63) is 78.4 Å². The van der Waals surface area contributed by atoms with Crippen molar-refractivity contribution in [3.8, 4) is 11.3 Å². The number of hydrogen-bond donors (Lipinski definition) is 0. The highest BCUT2D eigenvalue weighted by Gasteiger charge is 2.19. The van der Waals surface area contributed by atoms with E-state index in [2.05, 4.69) is 61.5 Å². The summed E-state index contributed by atoms with van der Waals surface area (Å²) < 4.78 is 35.2. The zero-order valence-corrected chi connectivity index (χ0v) is 13.9. The Bertz CT molecular complexity index is 1000. The van der Waals surface area contributed by atoms with Crippen LogP contribution in [0.3, 0.4) is 0 Å². The number of hydrogen-bond acceptors (Lipinski definition) is 0. The molecule has 132 valence electrons. The summed E-state index contributed by atoms with van der Waals surface area (Å²) in [5.74, 6) is 0.914. The molecule has 1 heterocycles. The summed E-state index contributed by atoms with van der Waals surface area (Å²) in [4.78, 5) is 0. The molecule has 26 heavy (non-hydrogen) atoms. The lowest BCUT2D eigenvalue weighted by atomic mass is 10.0. The van der Waals surface area contributed by atoms with Gasteiger partial charge in [-0.3, -0.25) is 12.9 Å². The number of halogens is 4. The van der Waals surface area contributed by atoms with Gasteiger partial charge in [-0.25, -0.2) is 4.42 Å². The van der Waals surface area contributed by atoms with Crippen molar-refractivity contribution in [3.63, 3.8) is 0 Å².